The molecule has 1 N–H and O–H groups in total. The van der Waals surface area contributed by atoms with Gasteiger partial charge in [0.2, 0.25) is 0 Å². The molecule has 2 rings (SSSR count). The molecular formula is C14H18F3N. The summed E-state index contributed by atoms with van der Waals surface area (Å²) >= 11 is 0. The Morgan fingerprint density at radius 2 is 1.72 bits per heavy atom. The molecule has 18 heavy (non-hydrogen) atoms. The lowest BCUT2D eigenvalue weighted by atomic mass is 9.75. The first-order chi connectivity index (χ1) is 8.37. The van der Waals surface area contributed by atoms with Crippen molar-refractivity contribution >= 4 is 5.69 Å². The van der Waals surface area contributed by atoms with Crippen molar-refractivity contribution in [3.05, 3.63) is 29.6 Å². The Hall–Kier alpha value is -1.19. The predicted molar refractivity (Wildman–Crippen MR) is 66.0 cm³/mol. The fourth-order valence-corrected chi connectivity index (χ4v) is 2.42. The summed E-state index contributed by atoms with van der Waals surface area (Å²) in [5.74, 6) is -2.90. The number of rotatable bonds is 2. The molecule has 1 saturated carbocycles. The van der Waals surface area contributed by atoms with E-state index in [1.807, 2.05) is 0 Å². The minimum Gasteiger partial charge on any atom is -0.380 e. The molecule has 1 aliphatic rings. The van der Waals surface area contributed by atoms with Gasteiger partial charge in [0.25, 0.3) is 0 Å². The minimum atomic E-state index is -1.14. The lowest BCUT2D eigenvalue weighted by molar-refractivity contribution is 0.232. The summed E-state index contributed by atoms with van der Waals surface area (Å²) in [6.45, 7) is 4.40. The third kappa shape index (κ3) is 2.98. The second-order valence-corrected chi connectivity index (χ2v) is 5.83. The van der Waals surface area contributed by atoms with E-state index in [1.54, 1.807) is 0 Å². The van der Waals surface area contributed by atoms with Crippen LogP contribution in [0.25, 0.3) is 0 Å². The van der Waals surface area contributed by atoms with Crippen LogP contribution in [0.3, 0.4) is 0 Å². The third-order valence-electron chi connectivity index (χ3n) is 3.69. The summed E-state index contributed by atoms with van der Waals surface area (Å²) in [5, 5.41) is 2.91. The maximum absolute atomic E-state index is 13.5. The topological polar surface area (TPSA) is 12.0 Å². The lowest BCUT2D eigenvalue weighted by Gasteiger charge is -2.35. The van der Waals surface area contributed by atoms with Crippen LogP contribution < -0.4 is 5.32 Å². The zero-order chi connectivity index (χ0) is 13.3. The van der Waals surface area contributed by atoms with Crippen molar-refractivity contribution in [1.82, 2.24) is 0 Å². The highest BCUT2D eigenvalue weighted by molar-refractivity contribution is 5.46. The van der Waals surface area contributed by atoms with Gasteiger partial charge in [-0.3, -0.25) is 0 Å². The largest absolute Gasteiger partial charge is 0.380 e. The van der Waals surface area contributed by atoms with E-state index in [9.17, 15) is 13.2 Å². The Balaban J connectivity index is 2.07. The van der Waals surface area contributed by atoms with Crippen LogP contribution in [0, 0.1) is 22.9 Å². The van der Waals surface area contributed by atoms with E-state index in [-0.39, 0.29) is 11.7 Å². The predicted octanol–water partition coefficient (Wildman–Crippen LogP) is 4.48. The molecule has 0 aromatic heterocycles. The maximum Gasteiger partial charge on any atom is 0.182 e. The van der Waals surface area contributed by atoms with Crippen LogP contribution in [0.2, 0.25) is 0 Å². The molecule has 1 aromatic carbocycles. The van der Waals surface area contributed by atoms with E-state index in [4.69, 9.17) is 0 Å². The van der Waals surface area contributed by atoms with Crippen LogP contribution in [0.4, 0.5) is 18.9 Å². The second kappa shape index (κ2) is 4.82. The molecule has 0 radical (unpaired) electrons. The van der Waals surface area contributed by atoms with Gasteiger partial charge in [-0.05, 0) is 31.1 Å². The van der Waals surface area contributed by atoms with Crippen molar-refractivity contribution in [1.29, 1.82) is 0 Å². The van der Waals surface area contributed by atoms with Crippen molar-refractivity contribution in [2.45, 2.75) is 45.6 Å². The number of halogens is 3. The first-order valence-electron chi connectivity index (χ1n) is 6.28. The molecule has 0 heterocycles. The zero-order valence-corrected chi connectivity index (χ0v) is 10.7. The third-order valence-corrected chi connectivity index (χ3v) is 3.69. The van der Waals surface area contributed by atoms with Gasteiger partial charge in [-0.15, -0.1) is 0 Å². The SMILES string of the molecule is CC1(C)CCC(Nc2cc(F)cc(F)c2F)CC1. The zero-order valence-electron chi connectivity index (χ0n) is 10.7. The molecule has 1 fully saturated rings. The van der Waals surface area contributed by atoms with Gasteiger partial charge < -0.3 is 5.32 Å². The van der Waals surface area contributed by atoms with Crippen LogP contribution in [-0.4, -0.2) is 6.04 Å². The molecule has 0 aliphatic heterocycles. The molecular weight excluding hydrogens is 239 g/mol. The highest BCUT2D eigenvalue weighted by Crippen LogP contribution is 2.36. The Bertz CT molecular complexity index is 433. The highest BCUT2D eigenvalue weighted by Gasteiger charge is 2.27. The standard InChI is InChI=1S/C14H18F3N/c1-14(2)5-3-10(4-6-14)18-12-8-9(15)7-11(16)13(12)17/h7-8,10,18H,3-6H2,1-2H3. The van der Waals surface area contributed by atoms with Gasteiger partial charge in [-0.1, -0.05) is 13.8 Å². The number of benzene rings is 1. The van der Waals surface area contributed by atoms with Gasteiger partial charge in [0.15, 0.2) is 11.6 Å². The van der Waals surface area contributed by atoms with Crippen molar-refractivity contribution in [3.8, 4) is 0 Å². The van der Waals surface area contributed by atoms with Gasteiger partial charge in [0.05, 0.1) is 5.69 Å². The quantitative estimate of drug-likeness (QED) is 0.770. The van der Waals surface area contributed by atoms with E-state index in [1.165, 1.54) is 0 Å². The van der Waals surface area contributed by atoms with Gasteiger partial charge in [-0.25, -0.2) is 13.2 Å². The van der Waals surface area contributed by atoms with Crippen LogP contribution in [-0.2, 0) is 0 Å². The fourth-order valence-electron chi connectivity index (χ4n) is 2.42. The smallest absolute Gasteiger partial charge is 0.182 e. The molecule has 0 unspecified atom stereocenters. The summed E-state index contributed by atoms with van der Waals surface area (Å²) in [4.78, 5) is 0. The van der Waals surface area contributed by atoms with Crippen LogP contribution in [0.5, 0.6) is 0 Å². The van der Waals surface area contributed by atoms with E-state index in [0.717, 1.165) is 31.7 Å². The number of anilines is 1. The molecule has 0 atom stereocenters. The average Bonchev–Trinajstić information content (AvgIpc) is 2.28. The molecule has 0 bridgehead atoms. The van der Waals surface area contributed by atoms with Gasteiger partial charge in [0.1, 0.15) is 5.82 Å². The summed E-state index contributed by atoms with van der Waals surface area (Å²) < 4.78 is 39.6. The van der Waals surface area contributed by atoms with E-state index in [2.05, 4.69) is 19.2 Å². The van der Waals surface area contributed by atoms with E-state index < -0.39 is 17.5 Å². The summed E-state index contributed by atoms with van der Waals surface area (Å²) in [6.07, 6.45) is 3.85. The number of hydrogen-bond acceptors (Lipinski definition) is 1. The molecule has 1 aliphatic carbocycles. The average molecular weight is 257 g/mol. The summed E-state index contributed by atoms with van der Waals surface area (Å²) in [6, 6.07) is 1.66. The summed E-state index contributed by atoms with van der Waals surface area (Å²) in [5.41, 5.74) is 0.237. The Morgan fingerprint density at radius 1 is 1.11 bits per heavy atom. The number of hydrogen-bond donors (Lipinski definition) is 1. The van der Waals surface area contributed by atoms with Crippen LogP contribution in [0.15, 0.2) is 12.1 Å². The van der Waals surface area contributed by atoms with Gasteiger partial charge in [0, 0.05) is 18.2 Å². The van der Waals surface area contributed by atoms with E-state index in [0.29, 0.717) is 11.5 Å². The van der Waals surface area contributed by atoms with Gasteiger partial charge >= 0.3 is 0 Å². The number of nitrogens with one attached hydrogen (secondary N) is 1. The maximum atomic E-state index is 13.5. The van der Waals surface area contributed by atoms with Crippen molar-refractivity contribution in [2.75, 3.05) is 5.32 Å². The summed E-state index contributed by atoms with van der Waals surface area (Å²) in [7, 11) is 0. The van der Waals surface area contributed by atoms with Crippen molar-refractivity contribution in [3.63, 3.8) is 0 Å². The molecule has 1 aromatic rings. The molecule has 0 saturated heterocycles. The molecule has 4 heteroatoms. The van der Waals surface area contributed by atoms with Crippen LogP contribution >= 0.6 is 0 Å². The first kappa shape index (κ1) is 13.2. The normalized spacial score (nSPS) is 19.8. The van der Waals surface area contributed by atoms with Crippen molar-refractivity contribution < 1.29 is 13.2 Å². The lowest BCUT2D eigenvalue weighted by Crippen LogP contribution is -2.30. The molecule has 0 amide bonds. The minimum absolute atomic E-state index is 0.0720. The first-order valence-corrected chi connectivity index (χ1v) is 6.28. The highest BCUT2D eigenvalue weighted by atomic mass is 19.2. The van der Waals surface area contributed by atoms with Crippen LogP contribution in [0.1, 0.15) is 39.5 Å². The molecule has 0 spiro atoms. The monoisotopic (exact) mass is 257 g/mol. The van der Waals surface area contributed by atoms with E-state index >= 15 is 0 Å². The molecule has 100 valence electrons. The van der Waals surface area contributed by atoms with Crippen molar-refractivity contribution in [2.24, 2.45) is 5.41 Å². The fraction of sp³-hybridized carbons (Fsp3) is 0.571. The Morgan fingerprint density at radius 3 is 2.33 bits per heavy atom. The van der Waals surface area contributed by atoms with Gasteiger partial charge in [-0.2, -0.15) is 0 Å². The Labute approximate surface area is 105 Å². The second-order valence-electron chi connectivity index (χ2n) is 5.83. The molecule has 1 nitrogen and oxygen atoms in total. The Kier molecular flexibility index (Phi) is 3.55.